The Morgan fingerprint density at radius 2 is 2.12 bits per heavy atom. The number of rotatable bonds is 9. The molecule has 1 aliphatic carbocycles. The smallest absolute Gasteiger partial charge is 0.191 e. The van der Waals surface area contributed by atoms with Crippen LogP contribution in [-0.2, 0) is 11.3 Å². The zero-order chi connectivity index (χ0) is 18.2. The number of aryl methyl sites for hydroxylation is 1. The van der Waals surface area contributed by atoms with E-state index in [1.54, 1.807) is 0 Å². The Kier molecular flexibility index (Phi) is 7.18. The van der Waals surface area contributed by atoms with Gasteiger partial charge in [0.05, 0.1) is 13.2 Å². The van der Waals surface area contributed by atoms with Crippen LogP contribution in [0.25, 0.3) is 0 Å². The molecule has 2 aliphatic rings. The lowest BCUT2D eigenvalue weighted by atomic mass is 10.1. The largest absolute Gasteiger partial charge is 0.493 e. The number of hydrogen-bond acceptors (Lipinski definition) is 3. The molecule has 2 N–H and O–H groups in total. The molecule has 1 aliphatic heterocycles. The predicted octanol–water partition coefficient (Wildman–Crippen LogP) is 3.27. The van der Waals surface area contributed by atoms with Crippen molar-refractivity contribution >= 4 is 5.96 Å². The molecule has 1 saturated carbocycles. The lowest BCUT2D eigenvalue weighted by Crippen LogP contribution is -2.37. The number of ether oxygens (including phenoxy) is 2. The molecule has 3 rings (SSSR count). The molecular formula is C21H33N3O2. The van der Waals surface area contributed by atoms with Gasteiger partial charge < -0.3 is 20.1 Å². The van der Waals surface area contributed by atoms with Crippen LogP contribution in [0, 0.1) is 18.8 Å². The maximum atomic E-state index is 6.12. The fourth-order valence-corrected chi connectivity index (χ4v) is 3.27. The number of hydrogen-bond donors (Lipinski definition) is 2. The summed E-state index contributed by atoms with van der Waals surface area (Å²) in [5.41, 5.74) is 2.38. The fourth-order valence-electron chi connectivity index (χ4n) is 3.27. The van der Waals surface area contributed by atoms with Crippen molar-refractivity contribution < 1.29 is 9.47 Å². The third kappa shape index (κ3) is 6.20. The minimum absolute atomic E-state index is 0.511. The van der Waals surface area contributed by atoms with E-state index in [-0.39, 0.29) is 0 Å². The number of nitrogens with zero attached hydrogens (tertiary/aromatic N) is 1. The molecule has 1 heterocycles. The summed E-state index contributed by atoms with van der Waals surface area (Å²) in [4.78, 5) is 4.33. The van der Waals surface area contributed by atoms with Crippen LogP contribution in [0.15, 0.2) is 23.2 Å². The quantitative estimate of drug-likeness (QED) is 0.404. The lowest BCUT2D eigenvalue weighted by Gasteiger charge is -2.17. The molecule has 5 nitrogen and oxygen atoms in total. The molecule has 1 unspecified atom stereocenters. The molecule has 0 radical (unpaired) electrons. The van der Waals surface area contributed by atoms with E-state index in [2.05, 4.69) is 40.7 Å². The van der Waals surface area contributed by atoms with Crippen LogP contribution in [0.2, 0.25) is 0 Å². The van der Waals surface area contributed by atoms with Crippen molar-refractivity contribution in [3.05, 3.63) is 29.3 Å². The van der Waals surface area contributed by atoms with Crippen LogP contribution in [-0.4, -0.2) is 39.4 Å². The third-order valence-electron chi connectivity index (χ3n) is 5.17. The molecule has 1 atom stereocenters. The van der Waals surface area contributed by atoms with Crippen molar-refractivity contribution in [3.8, 4) is 5.75 Å². The fraction of sp³-hybridized carbons (Fsp3) is 0.667. The average molecular weight is 360 g/mol. The Morgan fingerprint density at radius 1 is 1.23 bits per heavy atom. The Labute approximate surface area is 157 Å². The van der Waals surface area contributed by atoms with E-state index < -0.39 is 0 Å². The van der Waals surface area contributed by atoms with Gasteiger partial charge in [0, 0.05) is 38.2 Å². The Morgan fingerprint density at radius 3 is 2.85 bits per heavy atom. The Bertz CT molecular complexity index is 593. The molecule has 1 aromatic carbocycles. The van der Waals surface area contributed by atoms with Gasteiger partial charge in [0.25, 0.3) is 0 Å². The minimum Gasteiger partial charge on any atom is -0.493 e. The first-order chi connectivity index (χ1) is 12.7. The number of aliphatic imine (C=N–C) groups is 1. The number of nitrogens with one attached hydrogen (secondary N) is 2. The molecule has 1 saturated heterocycles. The normalized spacial score (nSPS) is 20.2. The highest BCUT2D eigenvalue weighted by atomic mass is 16.5. The van der Waals surface area contributed by atoms with Crippen LogP contribution >= 0.6 is 0 Å². The molecular weight excluding hydrogens is 326 g/mol. The van der Waals surface area contributed by atoms with Crippen molar-refractivity contribution in [1.29, 1.82) is 0 Å². The van der Waals surface area contributed by atoms with E-state index in [1.165, 1.54) is 31.2 Å². The van der Waals surface area contributed by atoms with Crippen molar-refractivity contribution in [2.75, 3.05) is 33.4 Å². The van der Waals surface area contributed by atoms with E-state index in [9.17, 15) is 0 Å². The summed E-state index contributed by atoms with van der Waals surface area (Å²) < 4.78 is 11.6. The zero-order valence-electron chi connectivity index (χ0n) is 16.2. The molecule has 0 aromatic heterocycles. The maximum Gasteiger partial charge on any atom is 0.191 e. The summed E-state index contributed by atoms with van der Waals surface area (Å²) in [5, 5.41) is 6.82. The van der Waals surface area contributed by atoms with E-state index >= 15 is 0 Å². The van der Waals surface area contributed by atoms with E-state index in [0.717, 1.165) is 56.0 Å². The first-order valence-corrected chi connectivity index (χ1v) is 9.99. The molecule has 0 amide bonds. The van der Waals surface area contributed by atoms with Gasteiger partial charge in [-0.15, -0.1) is 0 Å². The van der Waals surface area contributed by atoms with Gasteiger partial charge in [-0.1, -0.05) is 25.0 Å². The van der Waals surface area contributed by atoms with E-state index in [4.69, 9.17) is 9.47 Å². The van der Waals surface area contributed by atoms with Gasteiger partial charge in [0.2, 0.25) is 0 Å². The molecule has 2 fully saturated rings. The Balaban J connectivity index is 1.47. The van der Waals surface area contributed by atoms with Gasteiger partial charge in [0.15, 0.2) is 5.96 Å². The summed E-state index contributed by atoms with van der Waals surface area (Å²) in [6, 6.07) is 6.40. The molecule has 0 spiro atoms. The van der Waals surface area contributed by atoms with Gasteiger partial charge in [0.1, 0.15) is 5.75 Å². The highest BCUT2D eigenvalue weighted by Crippen LogP contribution is 2.33. The van der Waals surface area contributed by atoms with Crippen molar-refractivity contribution in [2.45, 2.75) is 45.6 Å². The highest BCUT2D eigenvalue weighted by Gasteiger charge is 2.20. The van der Waals surface area contributed by atoms with Crippen LogP contribution < -0.4 is 15.4 Å². The Hall–Kier alpha value is -1.75. The second-order valence-electron chi connectivity index (χ2n) is 7.59. The second kappa shape index (κ2) is 9.81. The summed E-state index contributed by atoms with van der Waals surface area (Å²) in [5.74, 6) is 3.33. The van der Waals surface area contributed by atoms with Crippen LogP contribution in [0.3, 0.4) is 0 Å². The van der Waals surface area contributed by atoms with Crippen molar-refractivity contribution in [1.82, 2.24) is 10.6 Å². The maximum absolute atomic E-state index is 6.12. The van der Waals surface area contributed by atoms with Crippen LogP contribution in [0.5, 0.6) is 5.75 Å². The van der Waals surface area contributed by atoms with Gasteiger partial charge in [-0.3, -0.25) is 4.99 Å². The molecule has 0 bridgehead atoms. The average Bonchev–Trinajstić information content (AvgIpc) is 3.33. The van der Waals surface area contributed by atoms with Crippen molar-refractivity contribution in [2.24, 2.45) is 16.8 Å². The first kappa shape index (κ1) is 19.0. The summed E-state index contributed by atoms with van der Waals surface area (Å²) in [6.07, 6.45) is 6.50. The monoisotopic (exact) mass is 359 g/mol. The molecule has 26 heavy (non-hydrogen) atoms. The second-order valence-corrected chi connectivity index (χ2v) is 7.59. The summed E-state index contributed by atoms with van der Waals surface area (Å²) in [7, 11) is 1.82. The van der Waals surface area contributed by atoms with Gasteiger partial charge in [-0.2, -0.15) is 0 Å². The standard InChI is InChI=1S/C21H33N3O2/c1-16-5-8-19(20(12-16)26-15-18-9-11-25-14-18)13-24-21(22-2)23-10-3-4-17-6-7-17/h5,8,12,17-18H,3-4,6-7,9-11,13-15H2,1-2H3,(H2,22,23,24). The summed E-state index contributed by atoms with van der Waals surface area (Å²) >= 11 is 0. The molecule has 5 heteroatoms. The summed E-state index contributed by atoms with van der Waals surface area (Å²) in [6.45, 7) is 6.19. The first-order valence-electron chi connectivity index (χ1n) is 9.99. The van der Waals surface area contributed by atoms with Crippen LogP contribution in [0.4, 0.5) is 0 Å². The van der Waals surface area contributed by atoms with E-state index in [1.807, 2.05) is 7.05 Å². The van der Waals surface area contributed by atoms with Gasteiger partial charge >= 0.3 is 0 Å². The van der Waals surface area contributed by atoms with Crippen molar-refractivity contribution in [3.63, 3.8) is 0 Å². The van der Waals surface area contributed by atoms with E-state index in [0.29, 0.717) is 12.5 Å². The van der Waals surface area contributed by atoms with Crippen LogP contribution in [0.1, 0.15) is 43.2 Å². The highest BCUT2D eigenvalue weighted by molar-refractivity contribution is 5.79. The molecule has 1 aromatic rings. The lowest BCUT2D eigenvalue weighted by molar-refractivity contribution is 0.166. The number of guanidine groups is 1. The minimum atomic E-state index is 0.511. The number of benzene rings is 1. The van der Waals surface area contributed by atoms with Gasteiger partial charge in [-0.05, 0) is 43.7 Å². The molecule has 144 valence electrons. The third-order valence-corrected chi connectivity index (χ3v) is 5.17. The SMILES string of the molecule is CN=C(NCCCC1CC1)NCc1ccc(C)cc1OCC1CCOC1. The zero-order valence-corrected chi connectivity index (χ0v) is 16.2. The topological polar surface area (TPSA) is 54.9 Å². The van der Waals surface area contributed by atoms with Gasteiger partial charge in [-0.25, -0.2) is 0 Å². The predicted molar refractivity (Wildman–Crippen MR) is 106 cm³/mol.